The van der Waals surface area contributed by atoms with Gasteiger partial charge in [0.1, 0.15) is 11.5 Å². The summed E-state index contributed by atoms with van der Waals surface area (Å²) in [6.45, 7) is 6.00. The first kappa shape index (κ1) is 16.0. The monoisotopic (exact) mass is 262 g/mol. The van der Waals surface area contributed by atoms with Crippen LogP contribution in [-0.2, 0) is 0 Å². The van der Waals surface area contributed by atoms with Crippen molar-refractivity contribution in [2.45, 2.75) is 0 Å². The van der Waals surface area contributed by atoms with E-state index in [4.69, 9.17) is 0 Å². The smallest absolute Gasteiger partial charge is 0.542 e. The normalized spacial score (nSPS) is 8.94. The molecule has 3 N–H and O–H groups in total. The third-order valence-corrected chi connectivity index (χ3v) is 1.58. The van der Waals surface area contributed by atoms with Crippen LogP contribution in [0.2, 0.25) is 0 Å². The fraction of sp³-hybridized carbons (Fsp3) is 0. The van der Waals surface area contributed by atoms with E-state index in [2.05, 4.69) is 28.1 Å². The molecule has 0 unspecified atom stereocenters. The van der Waals surface area contributed by atoms with E-state index in [0.717, 1.165) is 0 Å². The maximum Gasteiger partial charge on any atom is 1.00 e. The number of nitrogens with one attached hydrogen (secondary N) is 3. The van der Waals surface area contributed by atoms with E-state index in [0.29, 0.717) is 0 Å². The summed E-state index contributed by atoms with van der Waals surface area (Å²) in [5.41, 5.74) is -1.70. The molecule has 2 aromatic heterocycles. The van der Waals surface area contributed by atoms with Gasteiger partial charge in [-0.25, -0.2) is 9.78 Å². The zero-order valence-corrected chi connectivity index (χ0v) is 12.1. The van der Waals surface area contributed by atoms with Crippen LogP contribution in [0.15, 0.2) is 22.7 Å². The number of rotatable bonds is 1. The molecular weight excluding hydrogens is 255 g/mol. The molecule has 0 aliphatic rings. The molecular formula is C8H7KN4O4. The van der Waals surface area contributed by atoms with Gasteiger partial charge in [0.05, 0.1) is 0 Å². The summed E-state index contributed by atoms with van der Waals surface area (Å²) in [5.74, 6) is -2.06. The van der Waals surface area contributed by atoms with Gasteiger partial charge in [-0.1, -0.05) is 0 Å². The Labute approximate surface area is 137 Å². The molecule has 17 heavy (non-hydrogen) atoms. The Bertz CT molecular complexity index is 641. The number of imidazole rings is 1. The Morgan fingerprint density at radius 2 is 1.76 bits per heavy atom. The SMILES string of the molecule is C=C.O=C([O-])c1nc2[nH]c(=O)[nH]c(=O)c2[nH]1.[K+]. The average Bonchev–Trinajstić information content (AvgIpc) is 2.64. The number of aromatic nitrogens is 4. The minimum Gasteiger partial charge on any atom is -0.542 e. The van der Waals surface area contributed by atoms with Crippen LogP contribution in [0.4, 0.5) is 0 Å². The summed E-state index contributed by atoms with van der Waals surface area (Å²) in [6, 6.07) is 0. The molecule has 0 amide bonds. The number of H-pyrrole nitrogens is 3. The van der Waals surface area contributed by atoms with Crippen molar-refractivity contribution in [3.63, 3.8) is 0 Å². The molecule has 0 atom stereocenters. The molecule has 2 rings (SSSR count). The summed E-state index contributed by atoms with van der Waals surface area (Å²) in [5, 5.41) is 10.4. The predicted octanol–water partition coefficient (Wildman–Crippen LogP) is -4.89. The number of aromatic amines is 3. The molecule has 0 aromatic carbocycles. The Morgan fingerprint density at radius 3 is 2.29 bits per heavy atom. The zero-order chi connectivity index (χ0) is 12.3. The molecule has 9 heteroatoms. The number of carboxylic acids is 1. The van der Waals surface area contributed by atoms with E-state index in [1.54, 1.807) is 0 Å². The van der Waals surface area contributed by atoms with Gasteiger partial charge >= 0.3 is 57.1 Å². The van der Waals surface area contributed by atoms with E-state index >= 15 is 0 Å². The van der Waals surface area contributed by atoms with E-state index in [-0.39, 0.29) is 62.5 Å². The molecule has 84 valence electrons. The number of nitrogens with zero attached hydrogens (tertiary/aromatic N) is 1. The maximum absolute atomic E-state index is 11.1. The second-order valence-electron chi connectivity index (χ2n) is 2.50. The molecule has 0 spiro atoms. The fourth-order valence-electron chi connectivity index (χ4n) is 1.03. The summed E-state index contributed by atoms with van der Waals surface area (Å²) < 4.78 is 0. The van der Waals surface area contributed by atoms with Gasteiger partial charge in [-0.2, -0.15) is 0 Å². The van der Waals surface area contributed by atoms with Gasteiger partial charge in [-0.15, -0.1) is 13.2 Å². The van der Waals surface area contributed by atoms with Crippen molar-refractivity contribution in [2.75, 3.05) is 0 Å². The van der Waals surface area contributed by atoms with E-state index in [1.165, 1.54) is 0 Å². The number of carbonyl (C=O) groups is 1. The van der Waals surface area contributed by atoms with Crippen LogP contribution >= 0.6 is 0 Å². The van der Waals surface area contributed by atoms with Crippen molar-refractivity contribution in [1.29, 1.82) is 0 Å². The van der Waals surface area contributed by atoms with Gasteiger partial charge in [0.25, 0.3) is 5.56 Å². The molecule has 0 aliphatic heterocycles. The summed E-state index contributed by atoms with van der Waals surface area (Å²) in [4.78, 5) is 41.9. The van der Waals surface area contributed by atoms with Gasteiger partial charge in [0.2, 0.25) is 0 Å². The van der Waals surface area contributed by atoms with Crippen molar-refractivity contribution in [3.8, 4) is 0 Å². The molecule has 0 radical (unpaired) electrons. The quantitative estimate of drug-likeness (QED) is 0.350. The minimum absolute atomic E-state index is 0. The summed E-state index contributed by atoms with van der Waals surface area (Å²) in [7, 11) is 0. The Hall–Kier alpha value is -1.00. The van der Waals surface area contributed by atoms with Crippen molar-refractivity contribution in [3.05, 3.63) is 39.8 Å². The first-order valence-corrected chi connectivity index (χ1v) is 4.01. The molecule has 2 heterocycles. The van der Waals surface area contributed by atoms with Gasteiger partial charge in [0, 0.05) is 0 Å². The van der Waals surface area contributed by atoms with Crippen molar-refractivity contribution in [1.82, 2.24) is 19.9 Å². The van der Waals surface area contributed by atoms with Gasteiger partial charge in [-0.05, 0) is 0 Å². The predicted molar refractivity (Wildman–Crippen MR) is 52.9 cm³/mol. The summed E-state index contributed by atoms with van der Waals surface area (Å²) in [6.07, 6.45) is 0. The zero-order valence-electron chi connectivity index (χ0n) is 8.99. The average molecular weight is 262 g/mol. The van der Waals surface area contributed by atoms with Crippen molar-refractivity contribution < 1.29 is 61.3 Å². The van der Waals surface area contributed by atoms with E-state index in [9.17, 15) is 19.5 Å². The number of hydrogen-bond donors (Lipinski definition) is 3. The second-order valence-corrected chi connectivity index (χ2v) is 2.50. The van der Waals surface area contributed by atoms with Crippen LogP contribution in [0.5, 0.6) is 0 Å². The topological polar surface area (TPSA) is 135 Å². The molecule has 0 bridgehead atoms. The van der Waals surface area contributed by atoms with Crippen molar-refractivity contribution in [2.24, 2.45) is 0 Å². The number of fused-ring (bicyclic) bond motifs is 1. The molecule has 0 saturated carbocycles. The van der Waals surface area contributed by atoms with Crippen LogP contribution in [0.3, 0.4) is 0 Å². The molecule has 0 aliphatic carbocycles. The number of carbonyl (C=O) groups excluding carboxylic acids is 1. The minimum atomic E-state index is -1.55. The van der Waals surface area contributed by atoms with E-state index in [1.807, 2.05) is 4.98 Å². The van der Waals surface area contributed by atoms with E-state index < -0.39 is 23.0 Å². The Kier molecular flexibility index (Phi) is 6.27. The fourth-order valence-corrected chi connectivity index (χ4v) is 1.03. The van der Waals surface area contributed by atoms with Crippen LogP contribution in [0.25, 0.3) is 11.2 Å². The molecule has 8 nitrogen and oxygen atoms in total. The standard InChI is InChI=1S/C6H4N4O4.C2H4.K/c11-4-1-2(9-6(14)10-4)8-3(7-1)5(12)13;1-2;/h(H,12,13)(H3,7,8,9,10,11,14);1-2H2;/q;;+1/p-1. The largest absolute Gasteiger partial charge is 1.00 e. The Morgan fingerprint density at radius 1 is 1.18 bits per heavy atom. The first-order chi connectivity index (χ1) is 7.58. The van der Waals surface area contributed by atoms with Crippen LogP contribution in [-0.4, -0.2) is 25.9 Å². The maximum atomic E-state index is 11.1. The third kappa shape index (κ3) is 3.48. The van der Waals surface area contributed by atoms with Crippen LogP contribution in [0.1, 0.15) is 10.6 Å². The van der Waals surface area contributed by atoms with Crippen molar-refractivity contribution >= 4 is 17.1 Å². The second kappa shape index (κ2) is 6.66. The Balaban J connectivity index is 0.000000811. The number of hydrogen-bond acceptors (Lipinski definition) is 5. The van der Waals surface area contributed by atoms with Gasteiger partial charge in [-0.3, -0.25) is 14.8 Å². The first-order valence-electron chi connectivity index (χ1n) is 4.01. The van der Waals surface area contributed by atoms with Gasteiger partial charge < -0.3 is 14.9 Å². The molecule has 2 aromatic rings. The molecule has 0 saturated heterocycles. The summed E-state index contributed by atoms with van der Waals surface area (Å²) >= 11 is 0. The number of aromatic carboxylic acids is 1. The molecule has 0 fully saturated rings. The van der Waals surface area contributed by atoms with Gasteiger partial charge in [0.15, 0.2) is 11.5 Å². The van der Waals surface area contributed by atoms with Crippen LogP contribution in [0, 0.1) is 0 Å². The third-order valence-electron chi connectivity index (χ3n) is 1.58. The van der Waals surface area contributed by atoms with Crippen LogP contribution < -0.4 is 67.7 Å². The number of carboxylic acid groups (broad SMARTS) is 1.